The molecule has 2 aromatic rings. The Bertz CT molecular complexity index is 1010. The lowest BCUT2D eigenvalue weighted by Crippen LogP contribution is -2.41. The highest BCUT2D eigenvalue weighted by molar-refractivity contribution is 7.89. The van der Waals surface area contributed by atoms with E-state index in [9.17, 15) is 17.6 Å². The molecule has 1 fully saturated rings. The number of sulfonamides is 1. The molecule has 7 heteroatoms. The molecule has 0 aromatic heterocycles. The maximum Gasteiger partial charge on any atom is 0.243 e. The van der Waals surface area contributed by atoms with Gasteiger partial charge in [0.1, 0.15) is 5.82 Å². The second-order valence-corrected chi connectivity index (χ2v) is 9.72. The van der Waals surface area contributed by atoms with Crippen molar-refractivity contribution in [3.63, 3.8) is 0 Å². The molecule has 0 bridgehead atoms. The Morgan fingerprint density at radius 3 is 2.41 bits per heavy atom. The fourth-order valence-corrected chi connectivity index (χ4v) is 5.70. The van der Waals surface area contributed by atoms with E-state index in [0.717, 1.165) is 31.2 Å². The van der Waals surface area contributed by atoms with Gasteiger partial charge in [-0.05, 0) is 73.9 Å². The zero-order chi connectivity index (χ0) is 20.4. The second kappa shape index (κ2) is 8.24. The van der Waals surface area contributed by atoms with Crippen molar-refractivity contribution < 1.29 is 17.6 Å². The molecular weight excluding hydrogens is 391 g/mol. The average Bonchev–Trinajstić information content (AvgIpc) is 2.75. The minimum absolute atomic E-state index is 0.154. The van der Waals surface area contributed by atoms with Crippen LogP contribution in [0, 0.1) is 11.7 Å². The Kier molecular flexibility index (Phi) is 5.69. The van der Waals surface area contributed by atoms with Crippen LogP contribution in [0.1, 0.15) is 36.8 Å². The minimum atomic E-state index is -3.57. The van der Waals surface area contributed by atoms with Crippen molar-refractivity contribution in [2.75, 3.05) is 18.4 Å². The molecule has 1 aliphatic carbocycles. The van der Waals surface area contributed by atoms with Crippen molar-refractivity contribution in [1.29, 1.82) is 0 Å². The van der Waals surface area contributed by atoms with Crippen LogP contribution < -0.4 is 5.32 Å². The molecule has 1 aliphatic heterocycles. The van der Waals surface area contributed by atoms with Gasteiger partial charge in [0.2, 0.25) is 15.9 Å². The van der Waals surface area contributed by atoms with Crippen LogP contribution in [0.3, 0.4) is 0 Å². The van der Waals surface area contributed by atoms with Crippen LogP contribution in [0.2, 0.25) is 0 Å². The van der Waals surface area contributed by atoms with Gasteiger partial charge < -0.3 is 5.32 Å². The van der Waals surface area contributed by atoms with Crippen LogP contribution in [0.4, 0.5) is 10.1 Å². The first-order chi connectivity index (χ1) is 13.9. The predicted molar refractivity (Wildman–Crippen MR) is 110 cm³/mol. The lowest BCUT2D eigenvalue weighted by atomic mass is 9.92. The number of nitrogens with one attached hydrogen (secondary N) is 1. The van der Waals surface area contributed by atoms with E-state index < -0.39 is 15.8 Å². The van der Waals surface area contributed by atoms with Gasteiger partial charge in [-0.15, -0.1) is 0 Å². The molecule has 2 aromatic carbocycles. The number of hydrogen-bond donors (Lipinski definition) is 1. The number of fused-ring (bicyclic) bond motifs is 1. The molecule has 2 aliphatic rings. The SMILES string of the molecule is O=C(Nc1ccccc1F)C1CCN(S(=O)(=O)c2ccc3c(c2)CCCC3)CC1. The molecule has 0 saturated carbocycles. The lowest BCUT2D eigenvalue weighted by molar-refractivity contribution is -0.120. The Morgan fingerprint density at radius 1 is 1.00 bits per heavy atom. The van der Waals surface area contributed by atoms with Crippen LogP contribution in [0.5, 0.6) is 0 Å². The van der Waals surface area contributed by atoms with E-state index in [4.69, 9.17) is 0 Å². The number of piperidine rings is 1. The quantitative estimate of drug-likeness (QED) is 0.826. The monoisotopic (exact) mass is 416 g/mol. The van der Waals surface area contributed by atoms with Gasteiger partial charge in [-0.3, -0.25) is 4.79 Å². The summed E-state index contributed by atoms with van der Waals surface area (Å²) < 4.78 is 41.3. The van der Waals surface area contributed by atoms with E-state index in [0.29, 0.717) is 17.7 Å². The van der Waals surface area contributed by atoms with Gasteiger partial charge in [-0.2, -0.15) is 4.31 Å². The zero-order valence-corrected chi connectivity index (χ0v) is 17.1. The summed E-state index contributed by atoms with van der Waals surface area (Å²) in [5, 5.41) is 2.62. The smallest absolute Gasteiger partial charge is 0.243 e. The molecule has 154 valence electrons. The minimum Gasteiger partial charge on any atom is -0.323 e. The largest absolute Gasteiger partial charge is 0.323 e. The van der Waals surface area contributed by atoms with Crippen molar-refractivity contribution in [3.05, 3.63) is 59.4 Å². The van der Waals surface area contributed by atoms with E-state index in [1.54, 1.807) is 18.2 Å². The van der Waals surface area contributed by atoms with Gasteiger partial charge in [0.25, 0.3) is 0 Å². The van der Waals surface area contributed by atoms with Crippen LogP contribution in [-0.2, 0) is 27.7 Å². The number of rotatable bonds is 4. The normalized spacial score (nSPS) is 18.2. The van der Waals surface area contributed by atoms with Crippen LogP contribution >= 0.6 is 0 Å². The topological polar surface area (TPSA) is 66.5 Å². The molecule has 4 rings (SSSR count). The first-order valence-corrected chi connectivity index (χ1v) is 11.6. The first-order valence-electron chi connectivity index (χ1n) is 10.1. The molecule has 1 heterocycles. The maximum atomic E-state index is 13.7. The summed E-state index contributed by atoms with van der Waals surface area (Å²) in [5.74, 6) is -1.07. The highest BCUT2D eigenvalue weighted by Crippen LogP contribution is 2.28. The van der Waals surface area contributed by atoms with Crippen LogP contribution in [-0.4, -0.2) is 31.7 Å². The summed E-state index contributed by atoms with van der Waals surface area (Å²) in [6.45, 7) is 0.573. The fraction of sp³-hybridized carbons (Fsp3) is 0.409. The fourth-order valence-electron chi connectivity index (χ4n) is 4.18. The number of aryl methyl sites for hydroxylation is 2. The number of benzene rings is 2. The Morgan fingerprint density at radius 2 is 1.69 bits per heavy atom. The zero-order valence-electron chi connectivity index (χ0n) is 16.2. The predicted octanol–water partition coefficient (Wildman–Crippen LogP) is 3.74. The van der Waals surface area contributed by atoms with Crippen molar-refractivity contribution in [1.82, 2.24) is 4.31 Å². The van der Waals surface area contributed by atoms with Gasteiger partial charge in [-0.25, -0.2) is 12.8 Å². The number of carbonyl (C=O) groups excluding carboxylic acids is 1. The van der Waals surface area contributed by atoms with Gasteiger partial charge >= 0.3 is 0 Å². The molecule has 0 atom stereocenters. The van der Waals surface area contributed by atoms with Crippen LogP contribution in [0.15, 0.2) is 47.4 Å². The Hall–Kier alpha value is -2.25. The third kappa shape index (κ3) is 4.21. The van der Waals surface area contributed by atoms with E-state index in [1.807, 2.05) is 12.1 Å². The Labute approximate surface area is 171 Å². The molecule has 1 saturated heterocycles. The molecule has 5 nitrogen and oxygen atoms in total. The number of anilines is 1. The number of hydrogen-bond acceptors (Lipinski definition) is 3. The summed E-state index contributed by atoms with van der Waals surface area (Å²) in [6.07, 6.45) is 5.03. The second-order valence-electron chi connectivity index (χ2n) is 7.79. The molecule has 1 amide bonds. The molecular formula is C22H25FN2O3S. The Balaban J connectivity index is 1.41. The molecule has 29 heavy (non-hydrogen) atoms. The van der Waals surface area contributed by atoms with Crippen molar-refractivity contribution in [2.24, 2.45) is 5.92 Å². The first kappa shape index (κ1) is 20.0. The van der Waals surface area contributed by atoms with E-state index >= 15 is 0 Å². The van der Waals surface area contributed by atoms with Crippen LogP contribution in [0.25, 0.3) is 0 Å². The molecule has 0 radical (unpaired) electrons. The maximum absolute atomic E-state index is 13.7. The number of nitrogens with zero attached hydrogens (tertiary/aromatic N) is 1. The molecule has 0 unspecified atom stereocenters. The average molecular weight is 417 g/mol. The standard InChI is InChI=1S/C22H25FN2O3S/c23-20-7-3-4-8-21(20)24-22(26)17-11-13-25(14-12-17)29(27,28)19-10-9-16-5-1-2-6-18(16)15-19/h3-4,7-10,15,17H,1-2,5-6,11-14H2,(H,24,26). The van der Waals surface area contributed by atoms with E-state index in [1.165, 1.54) is 22.0 Å². The highest BCUT2D eigenvalue weighted by Gasteiger charge is 2.32. The summed E-state index contributed by atoms with van der Waals surface area (Å²) in [5.41, 5.74) is 2.54. The van der Waals surface area contributed by atoms with Gasteiger partial charge in [-0.1, -0.05) is 18.2 Å². The number of amides is 1. The highest BCUT2D eigenvalue weighted by atomic mass is 32.2. The van der Waals surface area contributed by atoms with Gasteiger partial charge in [0.15, 0.2) is 0 Å². The third-order valence-corrected chi connectivity index (χ3v) is 7.81. The van der Waals surface area contributed by atoms with Gasteiger partial charge in [0.05, 0.1) is 10.6 Å². The summed E-state index contributed by atoms with van der Waals surface area (Å²) in [7, 11) is -3.57. The van der Waals surface area contributed by atoms with Crippen molar-refractivity contribution in [2.45, 2.75) is 43.4 Å². The number of para-hydroxylation sites is 1. The van der Waals surface area contributed by atoms with E-state index in [2.05, 4.69) is 5.32 Å². The van der Waals surface area contributed by atoms with Gasteiger partial charge in [0, 0.05) is 19.0 Å². The number of halogens is 1. The summed E-state index contributed by atoms with van der Waals surface area (Å²) in [6, 6.07) is 11.5. The summed E-state index contributed by atoms with van der Waals surface area (Å²) >= 11 is 0. The lowest BCUT2D eigenvalue weighted by Gasteiger charge is -2.31. The molecule has 0 spiro atoms. The number of carbonyl (C=O) groups is 1. The third-order valence-electron chi connectivity index (χ3n) is 5.91. The van der Waals surface area contributed by atoms with Crippen molar-refractivity contribution in [3.8, 4) is 0 Å². The van der Waals surface area contributed by atoms with E-state index in [-0.39, 0.29) is 30.6 Å². The molecule has 1 N–H and O–H groups in total. The van der Waals surface area contributed by atoms with Crippen molar-refractivity contribution >= 4 is 21.6 Å². The summed E-state index contributed by atoms with van der Waals surface area (Å²) in [4.78, 5) is 12.8.